The molecule has 0 radical (unpaired) electrons. The normalized spacial score (nSPS) is 11.6. The summed E-state index contributed by atoms with van der Waals surface area (Å²) >= 11 is 0. The summed E-state index contributed by atoms with van der Waals surface area (Å²) in [7, 11) is 0. The molecule has 2 nitrogen and oxygen atoms in total. The van der Waals surface area contributed by atoms with Gasteiger partial charge in [0, 0.05) is 5.56 Å². The topological polar surface area (TPSA) is 25.8 Å². The number of hydrogen-bond donors (Lipinski definition) is 0. The summed E-state index contributed by atoms with van der Waals surface area (Å²) in [6.45, 7) is 4.36. The average molecular weight is 332 g/mol. The van der Waals surface area contributed by atoms with Gasteiger partial charge in [0.2, 0.25) is 0 Å². The fraction of sp³-hybridized carbons (Fsp3) is 0.304. The van der Waals surface area contributed by atoms with Crippen molar-refractivity contribution in [3.63, 3.8) is 0 Å². The van der Waals surface area contributed by atoms with E-state index < -0.39 is 0 Å². The Balaban J connectivity index is 0.00000225. The van der Waals surface area contributed by atoms with Gasteiger partial charge in [0.1, 0.15) is 0 Å². The van der Waals surface area contributed by atoms with Crippen LogP contribution in [0.4, 0.5) is 0 Å². The summed E-state index contributed by atoms with van der Waals surface area (Å²) in [4.78, 5) is 0. The zero-order valence-corrected chi connectivity index (χ0v) is 14.4. The van der Waals surface area contributed by atoms with Crippen molar-refractivity contribution >= 4 is 0 Å². The number of aryl methyl sites for hydroxylation is 1. The van der Waals surface area contributed by atoms with Gasteiger partial charge in [-0.15, -0.1) is 5.10 Å². The minimum absolute atomic E-state index is 0. The van der Waals surface area contributed by atoms with E-state index in [1.54, 1.807) is 0 Å². The predicted octanol–water partition coefficient (Wildman–Crippen LogP) is 6.21. The molecule has 3 aromatic rings. The average Bonchev–Trinajstić information content (AvgIpc) is 2.63. The van der Waals surface area contributed by atoms with Crippen molar-refractivity contribution in [1.29, 1.82) is 0 Å². The van der Waals surface area contributed by atoms with Gasteiger partial charge < -0.3 is 0 Å². The van der Waals surface area contributed by atoms with Gasteiger partial charge >= 0.3 is 0 Å². The Morgan fingerprint density at radius 2 is 1.52 bits per heavy atom. The van der Waals surface area contributed by atoms with Crippen LogP contribution < -0.4 is 0 Å². The fourth-order valence-corrected chi connectivity index (χ4v) is 3.23. The maximum atomic E-state index is 4.51. The maximum absolute atomic E-state index is 4.51. The van der Waals surface area contributed by atoms with Crippen LogP contribution in [0.3, 0.4) is 0 Å². The molecule has 3 rings (SSSR count). The van der Waals surface area contributed by atoms with Gasteiger partial charge in [-0.2, -0.15) is 5.10 Å². The quantitative estimate of drug-likeness (QED) is 0.536. The van der Waals surface area contributed by atoms with Crippen LogP contribution in [0.25, 0.3) is 11.3 Å². The van der Waals surface area contributed by atoms with Gasteiger partial charge in [0.05, 0.1) is 11.4 Å². The zero-order chi connectivity index (χ0) is 16.8. The molecular formula is C23H28N2. The molecule has 0 saturated carbocycles. The molecule has 0 aliphatic rings. The summed E-state index contributed by atoms with van der Waals surface area (Å²) in [5.74, 6) is 0.507. The lowest BCUT2D eigenvalue weighted by Crippen LogP contribution is -2.06. The molecule has 130 valence electrons. The molecule has 1 unspecified atom stereocenters. The van der Waals surface area contributed by atoms with E-state index in [1.165, 1.54) is 24.0 Å². The van der Waals surface area contributed by atoms with Gasteiger partial charge in [-0.1, -0.05) is 81.4 Å². The van der Waals surface area contributed by atoms with Crippen molar-refractivity contribution < 1.29 is 0 Å². The Kier molecular flexibility index (Phi) is 6.88. The molecule has 1 atom stereocenters. The molecule has 2 heteroatoms. The van der Waals surface area contributed by atoms with Crippen LogP contribution in [0.15, 0.2) is 66.7 Å². The molecule has 1 heterocycles. The van der Waals surface area contributed by atoms with Crippen LogP contribution in [-0.4, -0.2) is 10.2 Å². The van der Waals surface area contributed by atoms with Crippen LogP contribution >= 0.6 is 0 Å². The molecule has 0 aliphatic heterocycles. The van der Waals surface area contributed by atoms with E-state index in [1.807, 2.05) is 18.2 Å². The van der Waals surface area contributed by atoms with Crippen LogP contribution in [0.5, 0.6) is 0 Å². The summed E-state index contributed by atoms with van der Waals surface area (Å²) in [6, 6.07) is 23.2. The molecule has 0 saturated heterocycles. The molecule has 0 N–H and O–H groups in total. The summed E-state index contributed by atoms with van der Waals surface area (Å²) in [5.41, 5.74) is 5.77. The lowest BCUT2D eigenvalue weighted by molar-refractivity contribution is 0.598. The fourth-order valence-electron chi connectivity index (χ4n) is 3.23. The standard InChI is InChI=1S/C22H24N2.CH4/c1-3-10-20(18-11-6-4-7-12-18)16-21-15-17(2)22(24-23-21)19-13-8-5-9-14-19;/h4-9,11-15,20H,3,10,16H2,1-2H3;1H4. The Morgan fingerprint density at radius 3 is 2.12 bits per heavy atom. The third kappa shape index (κ3) is 4.76. The first-order valence-electron chi connectivity index (χ1n) is 8.71. The second-order valence-electron chi connectivity index (χ2n) is 6.33. The van der Waals surface area contributed by atoms with E-state index >= 15 is 0 Å². The summed E-state index contributed by atoms with van der Waals surface area (Å²) < 4.78 is 0. The highest BCUT2D eigenvalue weighted by Crippen LogP contribution is 2.26. The van der Waals surface area contributed by atoms with E-state index in [4.69, 9.17) is 0 Å². The highest BCUT2D eigenvalue weighted by Gasteiger charge is 2.14. The van der Waals surface area contributed by atoms with Crippen molar-refractivity contribution in [3.05, 3.63) is 83.6 Å². The molecule has 0 aliphatic carbocycles. The van der Waals surface area contributed by atoms with Gasteiger partial charge in [-0.3, -0.25) is 0 Å². The van der Waals surface area contributed by atoms with Crippen molar-refractivity contribution in [1.82, 2.24) is 10.2 Å². The molecule has 0 spiro atoms. The molecule has 0 amide bonds. The Hall–Kier alpha value is -2.48. The van der Waals surface area contributed by atoms with E-state index in [9.17, 15) is 0 Å². The van der Waals surface area contributed by atoms with Gasteiger partial charge in [-0.25, -0.2) is 0 Å². The van der Waals surface area contributed by atoms with Gasteiger partial charge in [-0.05, 0) is 42.9 Å². The molecule has 0 bridgehead atoms. The number of hydrogen-bond acceptors (Lipinski definition) is 2. The van der Waals surface area contributed by atoms with E-state index in [0.29, 0.717) is 5.92 Å². The van der Waals surface area contributed by atoms with Crippen LogP contribution in [0.1, 0.15) is 49.9 Å². The van der Waals surface area contributed by atoms with Crippen molar-refractivity contribution in [2.24, 2.45) is 0 Å². The second-order valence-corrected chi connectivity index (χ2v) is 6.33. The Labute approximate surface area is 152 Å². The third-order valence-corrected chi connectivity index (χ3v) is 4.45. The minimum atomic E-state index is 0. The van der Waals surface area contributed by atoms with Crippen LogP contribution in [0, 0.1) is 6.92 Å². The van der Waals surface area contributed by atoms with Crippen molar-refractivity contribution in [2.75, 3.05) is 0 Å². The Bertz CT molecular complexity index is 767. The number of aromatic nitrogens is 2. The maximum Gasteiger partial charge on any atom is 0.0958 e. The smallest absolute Gasteiger partial charge is 0.0958 e. The van der Waals surface area contributed by atoms with E-state index in [0.717, 1.165) is 23.4 Å². The SMILES string of the molecule is C.CCCC(Cc1cc(C)c(-c2ccccc2)nn1)c1ccccc1. The predicted molar refractivity (Wildman–Crippen MR) is 107 cm³/mol. The van der Waals surface area contributed by atoms with Gasteiger partial charge in [0.15, 0.2) is 0 Å². The Morgan fingerprint density at radius 1 is 0.880 bits per heavy atom. The second kappa shape index (κ2) is 9.12. The lowest BCUT2D eigenvalue weighted by atomic mass is 9.90. The summed E-state index contributed by atoms with van der Waals surface area (Å²) in [5, 5.41) is 9.02. The minimum Gasteiger partial charge on any atom is -0.155 e. The monoisotopic (exact) mass is 332 g/mol. The number of nitrogens with zero attached hydrogens (tertiary/aromatic N) is 2. The molecular weight excluding hydrogens is 304 g/mol. The molecule has 0 fully saturated rings. The number of benzene rings is 2. The molecule has 25 heavy (non-hydrogen) atoms. The number of rotatable bonds is 6. The third-order valence-electron chi connectivity index (χ3n) is 4.45. The highest BCUT2D eigenvalue weighted by atomic mass is 15.1. The van der Waals surface area contributed by atoms with Crippen molar-refractivity contribution in [3.8, 4) is 11.3 Å². The first kappa shape index (κ1) is 18.9. The van der Waals surface area contributed by atoms with E-state index in [-0.39, 0.29) is 7.43 Å². The molecule has 2 aromatic carbocycles. The largest absolute Gasteiger partial charge is 0.155 e. The van der Waals surface area contributed by atoms with Gasteiger partial charge in [0.25, 0.3) is 0 Å². The van der Waals surface area contributed by atoms with Crippen LogP contribution in [-0.2, 0) is 6.42 Å². The highest BCUT2D eigenvalue weighted by molar-refractivity contribution is 5.62. The first-order valence-corrected chi connectivity index (χ1v) is 8.71. The van der Waals surface area contributed by atoms with Crippen molar-refractivity contribution in [2.45, 2.75) is 46.5 Å². The first-order chi connectivity index (χ1) is 11.8. The summed E-state index contributed by atoms with van der Waals surface area (Å²) in [6.07, 6.45) is 3.29. The molecule has 1 aromatic heterocycles. The van der Waals surface area contributed by atoms with E-state index in [2.05, 4.69) is 72.6 Å². The lowest BCUT2D eigenvalue weighted by Gasteiger charge is -2.16. The zero-order valence-electron chi connectivity index (χ0n) is 14.4. The van der Waals surface area contributed by atoms with Crippen LogP contribution in [0.2, 0.25) is 0 Å².